The predicted molar refractivity (Wildman–Crippen MR) is 64.4 cm³/mol. The Morgan fingerprint density at radius 2 is 2.19 bits per heavy atom. The van der Waals surface area contributed by atoms with E-state index < -0.39 is 0 Å². The van der Waals surface area contributed by atoms with Gasteiger partial charge in [-0.2, -0.15) is 0 Å². The Kier molecular flexibility index (Phi) is 3.57. The van der Waals surface area contributed by atoms with Crippen molar-refractivity contribution in [1.29, 1.82) is 0 Å². The van der Waals surface area contributed by atoms with E-state index in [2.05, 4.69) is 17.3 Å². The molecule has 86 valence electrons. The Hall–Kier alpha value is -1.35. The molecule has 3 nitrogen and oxygen atoms in total. The number of likely N-dealkylation sites (tertiary alicyclic amines) is 1. The lowest BCUT2D eigenvalue weighted by Crippen LogP contribution is -2.30. The second-order valence-electron chi connectivity index (χ2n) is 4.49. The molecular weight excluding hydrogens is 200 g/mol. The summed E-state index contributed by atoms with van der Waals surface area (Å²) in [4.78, 5) is 14.1. The van der Waals surface area contributed by atoms with Crippen molar-refractivity contribution >= 4 is 5.91 Å². The highest BCUT2D eigenvalue weighted by Crippen LogP contribution is 2.13. The van der Waals surface area contributed by atoms with Gasteiger partial charge in [0.1, 0.15) is 0 Å². The van der Waals surface area contributed by atoms with Gasteiger partial charge in [0.15, 0.2) is 0 Å². The normalized spacial score (nSPS) is 20.9. The van der Waals surface area contributed by atoms with Crippen molar-refractivity contribution in [2.24, 2.45) is 5.92 Å². The largest absolute Gasteiger partial charge is 0.352 e. The van der Waals surface area contributed by atoms with E-state index >= 15 is 0 Å². The molecule has 1 atom stereocenters. The molecule has 1 amide bonds. The number of carbonyl (C=O) groups is 1. The Balaban J connectivity index is 1.80. The van der Waals surface area contributed by atoms with Crippen LogP contribution in [0.15, 0.2) is 30.3 Å². The molecule has 0 saturated carbocycles. The smallest absolute Gasteiger partial charge is 0.251 e. The van der Waals surface area contributed by atoms with Crippen molar-refractivity contribution in [3.8, 4) is 0 Å². The zero-order valence-electron chi connectivity index (χ0n) is 9.65. The van der Waals surface area contributed by atoms with Crippen LogP contribution in [-0.2, 0) is 0 Å². The molecule has 1 heterocycles. The van der Waals surface area contributed by atoms with Crippen LogP contribution >= 0.6 is 0 Å². The number of hydrogen-bond acceptors (Lipinski definition) is 2. The van der Waals surface area contributed by atoms with Crippen molar-refractivity contribution < 1.29 is 4.79 Å². The summed E-state index contributed by atoms with van der Waals surface area (Å²) in [7, 11) is 2.12. The SMILES string of the molecule is CN1CCC(CNC(=O)c2ccccc2)C1. The fraction of sp³-hybridized carbons (Fsp3) is 0.462. The Labute approximate surface area is 96.5 Å². The third-order valence-corrected chi connectivity index (χ3v) is 3.08. The number of hydrogen-bond donors (Lipinski definition) is 1. The maximum Gasteiger partial charge on any atom is 0.251 e. The average molecular weight is 218 g/mol. The maximum absolute atomic E-state index is 11.8. The van der Waals surface area contributed by atoms with Crippen LogP contribution in [0.2, 0.25) is 0 Å². The molecule has 0 spiro atoms. The lowest BCUT2D eigenvalue weighted by Gasteiger charge is -2.11. The maximum atomic E-state index is 11.8. The lowest BCUT2D eigenvalue weighted by molar-refractivity contribution is 0.0947. The van der Waals surface area contributed by atoms with E-state index in [1.54, 1.807) is 0 Å². The van der Waals surface area contributed by atoms with E-state index in [0.29, 0.717) is 5.92 Å². The predicted octanol–water partition coefficient (Wildman–Crippen LogP) is 1.37. The Morgan fingerprint density at radius 3 is 2.81 bits per heavy atom. The van der Waals surface area contributed by atoms with E-state index in [1.165, 1.54) is 6.42 Å². The van der Waals surface area contributed by atoms with Crippen LogP contribution in [0.4, 0.5) is 0 Å². The van der Waals surface area contributed by atoms with E-state index in [1.807, 2.05) is 30.3 Å². The lowest BCUT2D eigenvalue weighted by atomic mass is 10.1. The van der Waals surface area contributed by atoms with E-state index in [4.69, 9.17) is 0 Å². The number of rotatable bonds is 3. The first kappa shape index (κ1) is 11.1. The van der Waals surface area contributed by atoms with Gasteiger partial charge in [-0.25, -0.2) is 0 Å². The molecule has 0 bridgehead atoms. The van der Waals surface area contributed by atoms with Gasteiger partial charge in [-0.15, -0.1) is 0 Å². The highest BCUT2D eigenvalue weighted by Gasteiger charge is 2.19. The molecule has 3 heteroatoms. The molecule has 1 fully saturated rings. The number of nitrogens with one attached hydrogen (secondary N) is 1. The zero-order chi connectivity index (χ0) is 11.4. The van der Waals surface area contributed by atoms with Crippen molar-refractivity contribution in [3.05, 3.63) is 35.9 Å². The van der Waals surface area contributed by atoms with Crippen molar-refractivity contribution in [1.82, 2.24) is 10.2 Å². The number of amides is 1. The zero-order valence-corrected chi connectivity index (χ0v) is 9.65. The topological polar surface area (TPSA) is 32.3 Å². The fourth-order valence-corrected chi connectivity index (χ4v) is 2.12. The number of benzene rings is 1. The minimum Gasteiger partial charge on any atom is -0.352 e. The molecular formula is C13H18N2O. The molecule has 1 N–H and O–H groups in total. The third-order valence-electron chi connectivity index (χ3n) is 3.08. The van der Waals surface area contributed by atoms with Gasteiger partial charge in [-0.1, -0.05) is 18.2 Å². The van der Waals surface area contributed by atoms with Gasteiger partial charge in [-0.05, 0) is 38.1 Å². The molecule has 1 saturated heterocycles. The van der Waals surface area contributed by atoms with E-state index in [-0.39, 0.29) is 5.91 Å². The standard InChI is InChI=1S/C13H18N2O/c1-15-8-7-11(10-15)9-14-13(16)12-5-3-2-4-6-12/h2-6,11H,7-10H2,1H3,(H,14,16). The second-order valence-corrected chi connectivity index (χ2v) is 4.49. The van der Waals surface area contributed by atoms with Crippen LogP contribution < -0.4 is 5.32 Å². The summed E-state index contributed by atoms with van der Waals surface area (Å²) in [6.45, 7) is 3.03. The molecule has 0 radical (unpaired) electrons. The second kappa shape index (κ2) is 5.12. The van der Waals surface area contributed by atoms with Gasteiger partial charge >= 0.3 is 0 Å². The number of carbonyl (C=O) groups excluding carboxylic acids is 1. The molecule has 1 aromatic rings. The van der Waals surface area contributed by atoms with E-state index in [0.717, 1.165) is 25.2 Å². The van der Waals surface area contributed by atoms with Crippen molar-refractivity contribution in [3.63, 3.8) is 0 Å². The molecule has 2 rings (SSSR count). The van der Waals surface area contributed by atoms with Crippen LogP contribution in [-0.4, -0.2) is 37.5 Å². The molecule has 0 aromatic heterocycles. The summed E-state index contributed by atoms with van der Waals surface area (Å²) in [5.41, 5.74) is 0.744. The monoisotopic (exact) mass is 218 g/mol. The Morgan fingerprint density at radius 1 is 1.44 bits per heavy atom. The van der Waals surface area contributed by atoms with Gasteiger partial charge in [0.2, 0.25) is 0 Å². The first-order chi connectivity index (χ1) is 7.75. The summed E-state index contributed by atoms with van der Waals surface area (Å²) >= 11 is 0. The average Bonchev–Trinajstić information content (AvgIpc) is 2.73. The van der Waals surface area contributed by atoms with Crippen LogP contribution in [0.5, 0.6) is 0 Å². The van der Waals surface area contributed by atoms with Gasteiger partial charge in [0, 0.05) is 18.7 Å². The van der Waals surface area contributed by atoms with Crippen LogP contribution in [0.1, 0.15) is 16.8 Å². The number of nitrogens with zero attached hydrogens (tertiary/aromatic N) is 1. The molecule has 1 aliphatic heterocycles. The minimum atomic E-state index is 0.0372. The quantitative estimate of drug-likeness (QED) is 0.831. The summed E-state index contributed by atoms with van der Waals surface area (Å²) in [6.07, 6.45) is 1.19. The molecule has 1 aromatic carbocycles. The van der Waals surface area contributed by atoms with E-state index in [9.17, 15) is 4.79 Å². The van der Waals surface area contributed by atoms with Gasteiger partial charge in [-0.3, -0.25) is 4.79 Å². The first-order valence-corrected chi connectivity index (χ1v) is 5.77. The highest BCUT2D eigenvalue weighted by atomic mass is 16.1. The summed E-state index contributed by atoms with van der Waals surface area (Å²) in [6, 6.07) is 9.38. The van der Waals surface area contributed by atoms with Crippen molar-refractivity contribution in [2.45, 2.75) is 6.42 Å². The Bertz CT molecular complexity index is 350. The third kappa shape index (κ3) is 2.83. The summed E-state index contributed by atoms with van der Waals surface area (Å²) in [5.74, 6) is 0.646. The highest BCUT2D eigenvalue weighted by molar-refractivity contribution is 5.94. The summed E-state index contributed by atoms with van der Waals surface area (Å²) < 4.78 is 0. The van der Waals surface area contributed by atoms with Gasteiger partial charge in [0.25, 0.3) is 5.91 Å². The van der Waals surface area contributed by atoms with Gasteiger partial charge in [0.05, 0.1) is 0 Å². The summed E-state index contributed by atoms with van der Waals surface area (Å²) in [5, 5.41) is 3.00. The molecule has 1 unspecified atom stereocenters. The van der Waals surface area contributed by atoms with Crippen LogP contribution in [0.3, 0.4) is 0 Å². The van der Waals surface area contributed by atoms with Crippen LogP contribution in [0, 0.1) is 5.92 Å². The fourth-order valence-electron chi connectivity index (χ4n) is 2.12. The van der Waals surface area contributed by atoms with Crippen LogP contribution in [0.25, 0.3) is 0 Å². The molecule has 0 aliphatic carbocycles. The first-order valence-electron chi connectivity index (χ1n) is 5.77. The molecule has 1 aliphatic rings. The molecule has 16 heavy (non-hydrogen) atoms. The van der Waals surface area contributed by atoms with Gasteiger partial charge < -0.3 is 10.2 Å². The van der Waals surface area contributed by atoms with Crippen molar-refractivity contribution in [2.75, 3.05) is 26.7 Å². The minimum absolute atomic E-state index is 0.0372.